The molecule has 1 heterocycles. The monoisotopic (exact) mass is 364 g/mol. The first-order chi connectivity index (χ1) is 11.9. The quantitative estimate of drug-likeness (QED) is 0.804. The summed E-state index contributed by atoms with van der Waals surface area (Å²) in [6.07, 6.45) is 1.44. The lowest BCUT2D eigenvalue weighted by molar-refractivity contribution is 0.392. The number of hydrogen-bond donors (Lipinski definition) is 1. The third kappa shape index (κ3) is 4.63. The first-order valence-corrected chi connectivity index (χ1v) is 9.03. The summed E-state index contributed by atoms with van der Waals surface area (Å²) in [7, 11) is 0.905. The van der Waals surface area contributed by atoms with Crippen LogP contribution in [0.25, 0.3) is 6.08 Å². The number of benzene rings is 1. The highest BCUT2D eigenvalue weighted by atomic mass is 32.2. The minimum atomic E-state index is -3.57. The van der Waals surface area contributed by atoms with Crippen molar-refractivity contribution in [2.24, 2.45) is 0 Å². The molecule has 0 saturated heterocycles. The fourth-order valence-electron chi connectivity index (χ4n) is 2.23. The lowest BCUT2D eigenvalue weighted by atomic mass is 10.2. The van der Waals surface area contributed by atoms with Gasteiger partial charge in [-0.3, -0.25) is 0 Å². The van der Waals surface area contributed by atoms with Gasteiger partial charge in [0.2, 0.25) is 0 Å². The molecule has 0 amide bonds. The van der Waals surface area contributed by atoms with Crippen molar-refractivity contribution in [1.29, 1.82) is 0 Å². The van der Waals surface area contributed by atoms with Gasteiger partial charge in [0.05, 0.1) is 38.3 Å². The number of ether oxygens (including phenoxy) is 3. The number of nitrogen functional groups attached to an aromatic ring is 1. The van der Waals surface area contributed by atoms with E-state index in [4.69, 9.17) is 19.9 Å². The molecule has 2 rings (SSSR count). The molecule has 8 heteroatoms. The molecule has 0 fully saturated rings. The summed E-state index contributed by atoms with van der Waals surface area (Å²) in [4.78, 5) is 4.04. The number of nitrogens with two attached hydrogens (primary N) is 1. The number of aromatic nitrogens is 1. The van der Waals surface area contributed by atoms with Crippen molar-refractivity contribution in [3.05, 3.63) is 47.0 Å². The van der Waals surface area contributed by atoms with Crippen LogP contribution in [0, 0.1) is 0 Å². The Morgan fingerprint density at radius 2 is 1.60 bits per heavy atom. The lowest BCUT2D eigenvalue weighted by Gasteiger charge is -2.09. The number of pyridine rings is 1. The molecule has 2 aromatic rings. The van der Waals surface area contributed by atoms with E-state index < -0.39 is 9.84 Å². The summed E-state index contributed by atoms with van der Waals surface area (Å²) < 4.78 is 40.2. The van der Waals surface area contributed by atoms with Crippen LogP contribution in [0.3, 0.4) is 0 Å². The Labute approximate surface area is 147 Å². The highest BCUT2D eigenvalue weighted by Crippen LogP contribution is 2.30. The standard InChI is InChI=1S/C17H20N2O5S/c1-22-14-5-4-6-15(23-2)13(14)9-10-25(20,21)11-12-7-8-16(24-3)17(18)19-12/h4-10H,11H2,1-3H3,(H2,18,19)/b10-9+. The average molecular weight is 364 g/mol. The normalized spacial score (nSPS) is 11.5. The zero-order valence-electron chi connectivity index (χ0n) is 14.2. The Hall–Kier alpha value is -2.74. The highest BCUT2D eigenvalue weighted by molar-refractivity contribution is 7.93. The van der Waals surface area contributed by atoms with Crippen LogP contribution in [0.15, 0.2) is 35.7 Å². The SMILES string of the molecule is COc1ccc(CS(=O)(=O)/C=C/c2c(OC)cccc2OC)nc1N. The molecule has 0 saturated carbocycles. The third-order valence-electron chi connectivity index (χ3n) is 3.42. The molecule has 134 valence electrons. The molecule has 0 aliphatic heterocycles. The Balaban J connectivity index is 2.27. The van der Waals surface area contributed by atoms with Crippen molar-refractivity contribution >= 4 is 21.7 Å². The van der Waals surface area contributed by atoms with Gasteiger partial charge in [-0.05, 0) is 30.3 Å². The number of nitrogens with zero attached hydrogens (tertiary/aromatic N) is 1. The molecule has 0 aliphatic rings. The minimum Gasteiger partial charge on any atom is -0.496 e. The maximum Gasteiger partial charge on any atom is 0.177 e. The lowest BCUT2D eigenvalue weighted by Crippen LogP contribution is -2.05. The van der Waals surface area contributed by atoms with E-state index in [1.165, 1.54) is 27.4 Å². The molecule has 25 heavy (non-hydrogen) atoms. The molecular formula is C17H20N2O5S. The number of hydrogen-bond acceptors (Lipinski definition) is 7. The van der Waals surface area contributed by atoms with E-state index in [0.29, 0.717) is 28.5 Å². The molecule has 2 N–H and O–H groups in total. The van der Waals surface area contributed by atoms with Crippen LogP contribution in [0.2, 0.25) is 0 Å². The molecule has 0 spiro atoms. The Morgan fingerprint density at radius 1 is 1.00 bits per heavy atom. The number of rotatable bonds is 7. The van der Waals surface area contributed by atoms with Gasteiger partial charge in [-0.15, -0.1) is 0 Å². The first kappa shape index (κ1) is 18.6. The Bertz CT molecular complexity index is 856. The van der Waals surface area contributed by atoms with E-state index in [1.54, 1.807) is 30.3 Å². The van der Waals surface area contributed by atoms with E-state index in [9.17, 15) is 8.42 Å². The first-order valence-electron chi connectivity index (χ1n) is 7.31. The van der Waals surface area contributed by atoms with Gasteiger partial charge in [-0.1, -0.05) is 6.07 Å². The van der Waals surface area contributed by atoms with Crippen LogP contribution in [-0.4, -0.2) is 34.7 Å². The fourth-order valence-corrected chi connectivity index (χ4v) is 3.24. The van der Waals surface area contributed by atoms with Crippen molar-refractivity contribution in [1.82, 2.24) is 4.98 Å². The zero-order chi connectivity index (χ0) is 18.4. The molecular weight excluding hydrogens is 344 g/mol. The Morgan fingerprint density at radius 3 is 2.12 bits per heavy atom. The van der Waals surface area contributed by atoms with Crippen LogP contribution >= 0.6 is 0 Å². The molecule has 0 atom stereocenters. The van der Waals surface area contributed by atoms with Crippen LogP contribution in [-0.2, 0) is 15.6 Å². The maximum absolute atomic E-state index is 12.4. The van der Waals surface area contributed by atoms with Crippen LogP contribution in [0.4, 0.5) is 5.82 Å². The van der Waals surface area contributed by atoms with Crippen molar-refractivity contribution < 1.29 is 22.6 Å². The second-order valence-corrected chi connectivity index (χ2v) is 6.96. The van der Waals surface area contributed by atoms with Gasteiger partial charge in [0.1, 0.15) is 11.5 Å². The van der Waals surface area contributed by atoms with Crippen molar-refractivity contribution in [3.63, 3.8) is 0 Å². The van der Waals surface area contributed by atoms with Gasteiger partial charge < -0.3 is 19.9 Å². The van der Waals surface area contributed by atoms with E-state index in [2.05, 4.69) is 4.98 Å². The molecule has 1 aromatic carbocycles. The summed E-state index contributed by atoms with van der Waals surface area (Å²) in [6.45, 7) is 0. The molecule has 7 nitrogen and oxygen atoms in total. The summed E-state index contributed by atoms with van der Waals surface area (Å²) in [5.74, 6) is 1.28. The van der Waals surface area contributed by atoms with Gasteiger partial charge in [0, 0.05) is 5.41 Å². The van der Waals surface area contributed by atoms with Gasteiger partial charge in [-0.2, -0.15) is 0 Å². The molecule has 0 unspecified atom stereocenters. The summed E-state index contributed by atoms with van der Waals surface area (Å²) >= 11 is 0. The van der Waals surface area contributed by atoms with Gasteiger partial charge in [0.25, 0.3) is 0 Å². The van der Waals surface area contributed by atoms with Gasteiger partial charge in [-0.25, -0.2) is 13.4 Å². The predicted molar refractivity (Wildman–Crippen MR) is 96.4 cm³/mol. The summed E-state index contributed by atoms with van der Waals surface area (Å²) in [5, 5.41) is 1.11. The predicted octanol–water partition coefficient (Wildman–Crippen LogP) is 2.28. The molecule has 0 radical (unpaired) electrons. The Kier molecular flexibility index (Phi) is 5.87. The van der Waals surface area contributed by atoms with Gasteiger partial charge in [0.15, 0.2) is 21.4 Å². The van der Waals surface area contributed by atoms with Crippen molar-refractivity contribution in [2.45, 2.75) is 5.75 Å². The van der Waals surface area contributed by atoms with Crippen LogP contribution < -0.4 is 19.9 Å². The average Bonchev–Trinajstić information content (AvgIpc) is 2.59. The maximum atomic E-state index is 12.4. The number of anilines is 1. The second kappa shape index (κ2) is 7.89. The second-order valence-electron chi connectivity index (χ2n) is 5.08. The van der Waals surface area contributed by atoms with E-state index >= 15 is 0 Å². The number of sulfone groups is 1. The molecule has 0 bridgehead atoms. The molecule has 1 aromatic heterocycles. The molecule has 0 aliphatic carbocycles. The highest BCUT2D eigenvalue weighted by Gasteiger charge is 2.13. The van der Waals surface area contributed by atoms with Gasteiger partial charge >= 0.3 is 0 Å². The van der Waals surface area contributed by atoms with Crippen molar-refractivity contribution in [3.8, 4) is 17.2 Å². The smallest absolute Gasteiger partial charge is 0.177 e. The number of methoxy groups -OCH3 is 3. The summed E-state index contributed by atoms with van der Waals surface area (Å²) in [6, 6.07) is 8.35. The van der Waals surface area contributed by atoms with Crippen molar-refractivity contribution in [2.75, 3.05) is 27.1 Å². The topological polar surface area (TPSA) is 101 Å². The summed E-state index contributed by atoms with van der Waals surface area (Å²) in [5.41, 5.74) is 6.58. The minimum absolute atomic E-state index is 0.144. The third-order valence-corrected chi connectivity index (χ3v) is 4.67. The van der Waals surface area contributed by atoms with E-state index in [1.807, 2.05) is 0 Å². The van der Waals surface area contributed by atoms with E-state index in [0.717, 1.165) is 5.41 Å². The zero-order valence-corrected chi connectivity index (χ0v) is 15.0. The fraction of sp³-hybridized carbons (Fsp3) is 0.235. The van der Waals surface area contributed by atoms with Crippen LogP contribution in [0.5, 0.6) is 17.2 Å². The largest absolute Gasteiger partial charge is 0.496 e. The van der Waals surface area contributed by atoms with E-state index in [-0.39, 0.29) is 11.6 Å². The van der Waals surface area contributed by atoms with Crippen LogP contribution in [0.1, 0.15) is 11.3 Å².